The maximum atomic E-state index is 11.5. The molecular formula is C13H18O3. The van der Waals surface area contributed by atoms with E-state index in [4.69, 9.17) is 9.47 Å². The molecular weight excluding hydrogens is 204 g/mol. The largest absolute Gasteiger partial charge is 0.497 e. The number of methoxy groups -OCH3 is 1. The quantitative estimate of drug-likeness (QED) is 0.737. The zero-order valence-electron chi connectivity index (χ0n) is 10.5. The van der Waals surface area contributed by atoms with Gasteiger partial charge >= 0.3 is 0 Å². The highest BCUT2D eigenvalue weighted by atomic mass is 16.5. The van der Waals surface area contributed by atoms with Crippen LogP contribution in [-0.2, 0) is 0 Å². The van der Waals surface area contributed by atoms with Gasteiger partial charge in [-0.3, -0.25) is 4.79 Å². The van der Waals surface area contributed by atoms with Crippen LogP contribution in [-0.4, -0.2) is 18.5 Å². The second-order valence-electron chi connectivity index (χ2n) is 4.63. The van der Waals surface area contributed by atoms with Crippen LogP contribution in [0.15, 0.2) is 18.2 Å². The number of ether oxygens (including phenoxy) is 2. The lowest BCUT2D eigenvalue weighted by Crippen LogP contribution is -2.24. The summed E-state index contributed by atoms with van der Waals surface area (Å²) < 4.78 is 10.8. The van der Waals surface area contributed by atoms with Gasteiger partial charge in [0.05, 0.1) is 12.7 Å². The Labute approximate surface area is 96.4 Å². The third-order valence-electron chi connectivity index (χ3n) is 1.98. The molecule has 0 radical (unpaired) electrons. The molecule has 0 spiro atoms. The summed E-state index contributed by atoms with van der Waals surface area (Å²) in [6.07, 6.45) is 0. The van der Waals surface area contributed by atoms with Crippen molar-refractivity contribution in [2.75, 3.05) is 7.11 Å². The van der Waals surface area contributed by atoms with Crippen molar-refractivity contribution in [2.45, 2.75) is 33.3 Å². The van der Waals surface area contributed by atoms with E-state index < -0.39 is 0 Å². The zero-order valence-corrected chi connectivity index (χ0v) is 10.5. The van der Waals surface area contributed by atoms with Crippen LogP contribution in [0.25, 0.3) is 0 Å². The zero-order chi connectivity index (χ0) is 12.3. The van der Waals surface area contributed by atoms with Crippen molar-refractivity contribution in [1.82, 2.24) is 0 Å². The van der Waals surface area contributed by atoms with Gasteiger partial charge in [0, 0.05) is 0 Å². The third-order valence-corrected chi connectivity index (χ3v) is 1.98. The van der Waals surface area contributed by atoms with Crippen LogP contribution in [0.5, 0.6) is 11.5 Å². The van der Waals surface area contributed by atoms with Gasteiger partial charge in [-0.15, -0.1) is 0 Å². The number of Topliss-reactive ketones (excluding diaryl/α,β-unsaturated/α-hetero) is 1. The Morgan fingerprint density at radius 2 is 1.88 bits per heavy atom. The number of benzene rings is 1. The summed E-state index contributed by atoms with van der Waals surface area (Å²) in [6.45, 7) is 7.35. The van der Waals surface area contributed by atoms with Crippen LogP contribution < -0.4 is 9.47 Å². The minimum Gasteiger partial charge on any atom is -0.497 e. The Kier molecular flexibility index (Phi) is 3.58. The van der Waals surface area contributed by atoms with Crippen LogP contribution in [0.1, 0.15) is 38.1 Å². The van der Waals surface area contributed by atoms with E-state index >= 15 is 0 Å². The molecule has 0 saturated heterocycles. The molecule has 0 bridgehead atoms. The number of hydrogen-bond donors (Lipinski definition) is 0. The molecule has 1 aromatic rings. The Morgan fingerprint density at radius 3 is 2.31 bits per heavy atom. The molecule has 3 heteroatoms. The Hall–Kier alpha value is -1.51. The topological polar surface area (TPSA) is 35.5 Å². The minimum absolute atomic E-state index is 0.0295. The van der Waals surface area contributed by atoms with Crippen LogP contribution >= 0.6 is 0 Å². The molecule has 16 heavy (non-hydrogen) atoms. The molecule has 0 amide bonds. The van der Waals surface area contributed by atoms with Crippen molar-refractivity contribution in [1.29, 1.82) is 0 Å². The number of carbonyl (C=O) groups is 1. The standard InChI is InChI=1S/C13H18O3/c1-9(14)11-8-10(15-5)6-7-12(11)16-13(2,3)4/h6-8H,1-5H3. The van der Waals surface area contributed by atoms with Gasteiger partial charge in [0.1, 0.15) is 17.1 Å². The molecule has 0 unspecified atom stereocenters. The first-order valence-corrected chi connectivity index (χ1v) is 5.21. The van der Waals surface area contributed by atoms with E-state index in [1.54, 1.807) is 25.3 Å². The van der Waals surface area contributed by atoms with Gasteiger partial charge in [0.2, 0.25) is 0 Å². The molecule has 0 aliphatic carbocycles. The van der Waals surface area contributed by atoms with Crippen molar-refractivity contribution in [3.63, 3.8) is 0 Å². The van der Waals surface area contributed by atoms with Crippen molar-refractivity contribution < 1.29 is 14.3 Å². The molecule has 0 aliphatic rings. The van der Waals surface area contributed by atoms with E-state index in [0.717, 1.165) is 0 Å². The monoisotopic (exact) mass is 222 g/mol. The van der Waals surface area contributed by atoms with E-state index in [9.17, 15) is 4.79 Å². The normalized spacial score (nSPS) is 11.1. The molecule has 0 fully saturated rings. The fraction of sp³-hybridized carbons (Fsp3) is 0.462. The van der Waals surface area contributed by atoms with Crippen LogP contribution in [0.2, 0.25) is 0 Å². The number of carbonyl (C=O) groups excluding carboxylic acids is 1. The number of hydrogen-bond acceptors (Lipinski definition) is 3. The van der Waals surface area contributed by atoms with Gasteiger partial charge in [-0.25, -0.2) is 0 Å². The molecule has 0 N–H and O–H groups in total. The van der Waals surface area contributed by atoms with E-state index in [0.29, 0.717) is 17.1 Å². The summed E-state index contributed by atoms with van der Waals surface area (Å²) in [4.78, 5) is 11.5. The second kappa shape index (κ2) is 4.56. The van der Waals surface area contributed by atoms with Crippen molar-refractivity contribution >= 4 is 5.78 Å². The van der Waals surface area contributed by atoms with Crippen LogP contribution in [0, 0.1) is 0 Å². The number of rotatable bonds is 3. The summed E-state index contributed by atoms with van der Waals surface area (Å²) in [6, 6.07) is 5.25. The fourth-order valence-corrected chi connectivity index (χ4v) is 1.33. The SMILES string of the molecule is COc1ccc(OC(C)(C)C)c(C(C)=O)c1. The van der Waals surface area contributed by atoms with Gasteiger partial charge in [0.15, 0.2) is 5.78 Å². The molecule has 0 aromatic heterocycles. The highest BCUT2D eigenvalue weighted by molar-refractivity contribution is 5.97. The van der Waals surface area contributed by atoms with Crippen LogP contribution in [0.4, 0.5) is 0 Å². The first kappa shape index (κ1) is 12.6. The predicted octanol–water partition coefficient (Wildman–Crippen LogP) is 3.08. The molecule has 0 heterocycles. The summed E-state index contributed by atoms with van der Waals surface area (Å²) >= 11 is 0. The lowest BCUT2D eigenvalue weighted by Gasteiger charge is -2.23. The summed E-state index contributed by atoms with van der Waals surface area (Å²) in [5, 5.41) is 0. The molecule has 0 aliphatic heterocycles. The molecule has 3 nitrogen and oxygen atoms in total. The Morgan fingerprint density at radius 1 is 1.25 bits per heavy atom. The summed E-state index contributed by atoms with van der Waals surface area (Å²) in [5.74, 6) is 1.23. The van der Waals surface area contributed by atoms with Gasteiger partial charge in [-0.2, -0.15) is 0 Å². The van der Waals surface area contributed by atoms with Gasteiger partial charge in [-0.05, 0) is 45.9 Å². The Bertz CT molecular complexity index is 389. The smallest absolute Gasteiger partial charge is 0.163 e. The summed E-state index contributed by atoms with van der Waals surface area (Å²) in [7, 11) is 1.57. The predicted molar refractivity (Wildman–Crippen MR) is 63.4 cm³/mol. The van der Waals surface area contributed by atoms with Crippen molar-refractivity contribution in [3.8, 4) is 11.5 Å². The van der Waals surface area contributed by atoms with Crippen molar-refractivity contribution in [2.24, 2.45) is 0 Å². The lowest BCUT2D eigenvalue weighted by atomic mass is 10.1. The lowest BCUT2D eigenvalue weighted by molar-refractivity contribution is 0.0990. The molecule has 1 rings (SSSR count). The second-order valence-corrected chi connectivity index (χ2v) is 4.63. The highest BCUT2D eigenvalue weighted by Gasteiger charge is 2.17. The van der Waals surface area contributed by atoms with Gasteiger partial charge in [0.25, 0.3) is 0 Å². The average Bonchev–Trinajstić information content (AvgIpc) is 2.15. The van der Waals surface area contributed by atoms with Crippen LogP contribution in [0.3, 0.4) is 0 Å². The molecule has 1 aromatic carbocycles. The summed E-state index contributed by atoms with van der Waals surface area (Å²) in [5.41, 5.74) is 0.230. The molecule has 0 saturated carbocycles. The van der Waals surface area contributed by atoms with E-state index in [-0.39, 0.29) is 11.4 Å². The highest BCUT2D eigenvalue weighted by Crippen LogP contribution is 2.27. The maximum absolute atomic E-state index is 11.5. The van der Waals surface area contributed by atoms with Crippen molar-refractivity contribution in [3.05, 3.63) is 23.8 Å². The average molecular weight is 222 g/mol. The van der Waals surface area contributed by atoms with Gasteiger partial charge in [-0.1, -0.05) is 0 Å². The third kappa shape index (κ3) is 3.26. The van der Waals surface area contributed by atoms with E-state index in [1.807, 2.05) is 20.8 Å². The van der Waals surface area contributed by atoms with E-state index in [2.05, 4.69) is 0 Å². The number of ketones is 1. The minimum atomic E-state index is -0.321. The first-order valence-electron chi connectivity index (χ1n) is 5.21. The van der Waals surface area contributed by atoms with Gasteiger partial charge < -0.3 is 9.47 Å². The Balaban J connectivity index is 3.13. The fourth-order valence-electron chi connectivity index (χ4n) is 1.33. The van der Waals surface area contributed by atoms with E-state index in [1.165, 1.54) is 6.92 Å². The molecule has 0 atom stereocenters. The maximum Gasteiger partial charge on any atom is 0.163 e. The molecule has 88 valence electrons. The first-order chi connectivity index (χ1) is 7.33.